The van der Waals surface area contributed by atoms with E-state index in [1.165, 1.54) is 7.11 Å². The average molecular weight is 582 g/mol. The molecule has 0 saturated carbocycles. The summed E-state index contributed by atoms with van der Waals surface area (Å²) in [6.45, 7) is 0. The van der Waals surface area contributed by atoms with E-state index in [-0.39, 0.29) is 5.91 Å². The van der Waals surface area contributed by atoms with Gasteiger partial charge in [-0.05, 0) is 68.3 Å². The zero-order valence-corrected chi connectivity index (χ0v) is 19.6. The number of carbonyl (C=O) groups excluding carboxylic acids is 1. The first-order chi connectivity index (χ1) is 13.9. The fourth-order valence-corrected chi connectivity index (χ4v) is 4.54. The van der Waals surface area contributed by atoms with Crippen LogP contribution < -0.4 is 10.1 Å². The number of rotatable bonds is 4. The summed E-state index contributed by atoms with van der Waals surface area (Å²) in [4.78, 5) is 21.4. The highest BCUT2D eigenvalue weighted by atomic mass is 79.9. The Morgan fingerprint density at radius 1 is 1.07 bits per heavy atom. The average Bonchev–Trinajstić information content (AvgIpc) is 3.11. The number of aromatic nitrogens is 2. The van der Waals surface area contributed by atoms with Crippen molar-refractivity contribution in [2.24, 2.45) is 0 Å². The number of benzene rings is 2. The van der Waals surface area contributed by atoms with Crippen molar-refractivity contribution in [3.05, 3.63) is 67.8 Å². The van der Waals surface area contributed by atoms with Crippen molar-refractivity contribution in [1.29, 1.82) is 0 Å². The van der Waals surface area contributed by atoms with Gasteiger partial charge in [0, 0.05) is 27.0 Å². The summed E-state index contributed by atoms with van der Waals surface area (Å²) >= 11 is 10.2. The highest BCUT2D eigenvalue weighted by Crippen LogP contribution is 2.33. The lowest BCUT2D eigenvalue weighted by Crippen LogP contribution is -2.13. The molecule has 1 amide bonds. The molecule has 1 N–H and O–H groups in total. The van der Waals surface area contributed by atoms with E-state index in [1.807, 2.05) is 12.1 Å². The Morgan fingerprint density at radius 2 is 1.90 bits per heavy atom. The van der Waals surface area contributed by atoms with Crippen LogP contribution >= 0.6 is 47.8 Å². The van der Waals surface area contributed by atoms with Gasteiger partial charge in [0.15, 0.2) is 5.58 Å². The first kappa shape index (κ1) is 20.1. The van der Waals surface area contributed by atoms with Gasteiger partial charge in [-0.2, -0.15) is 0 Å². The molecule has 4 rings (SSSR count). The molecule has 6 nitrogen and oxygen atoms in total. The van der Waals surface area contributed by atoms with Crippen LogP contribution in [0, 0.1) is 0 Å². The Kier molecular flexibility index (Phi) is 5.71. The van der Waals surface area contributed by atoms with E-state index in [2.05, 4.69) is 63.1 Å². The number of hydrogen-bond acceptors (Lipinski definition) is 5. The van der Waals surface area contributed by atoms with Crippen LogP contribution in [-0.2, 0) is 0 Å². The lowest BCUT2D eigenvalue weighted by atomic mass is 10.2. The Labute approximate surface area is 191 Å². The molecule has 0 aliphatic heterocycles. The second kappa shape index (κ2) is 8.25. The number of anilines is 1. The van der Waals surface area contributed by atoms with Gasteiger partial charge in [-0.3, -0.25) is 9.78 Å². The van der Waals surface area contributed by atoms with E-state index in [9.17, 15) is 4.79 Å². The van der Waals surface area contributed by atoms with Crippen molar-refractivity contribution in [2.45, 2.75) is 0 Å². The Morgan fingerprint density at radius 3 is 2.66 bits per heavy atom. The predicted octanol–water partition coefficient (Wildman–Crippen LogP) is 6.44. The molecule has 9 heteroatoms. The van der Waals surface area contributed by atoms with Gasteiger partial charge in [0.1, 0.15) is 11.3 Å². The van der Waals surface area contributed by atoms with Gasteiger partial charge in [0.05, 0.1) is 22.7 Å². The Hall–Kier alpha value is -2.23. The quantitative estimate of drug-likeness (QED) is 0.300. The van der Waals surface area contributed by atoms with Crippen LogP contribution in [0.1, 0.15) is 10.4 Å². The molecule has 0 saturated heterocycles. The lowest BCUT2D eigenvalue weighted by molar-refractivity contribution is 0.102. The normalized spacial score (nSPS) is 10.9. The van der Waals surface area contributed by atoms with Gasteiger partial charge in [-0.1, -0.05) is 15.9 Å². The third kappa shape index (κ3) is 4.22. The van der Waals surface area contributed by atoms with E-state index in [1.54, 1.807) is 36.7 Å². The molecule has 146 valence electrons. The lowest BCUT2D eigenvalue weighted by Gasteiger charge is -2.11. The second-order valence-corrected chi connectivity index (χ2v) is 8.70. The summed E-state index contributed by atoms with van der Waals surface area (Å²) in [5.74, 6) is 0.607. The predicted molar refractivity (Wildman–Crippen MR) is 121 cm³/mol. The van der Waals surface area contributed by atoms with Crippen molar-refractivity contribution in [3.63, 3.8) is 0 Å². The molecule has 2 heterocycles. The van der Waals surface area contributed by atoms with Crippen molar-refractivity contribution in [2.75, 3.05) is 12.4 Å². The summed E-state index contributed by atoms with van der Waals surface area (Å²) in [6.07, 6.45) is 3.36. The minimum absolute atomic E-state index is 0.303. The number of halogens is 3. The standard InChI is InChI=1S/C20H12Br3N3O3/c1-28-18-14(5-11(21)6-15(18)23)19(27)25-13-2-3-17-16(7-13)26-20(29-17)10-4-12(22)9-24-8-10/h2-9H,1H3,(H,25,27). The zero-order chi connectivity index (χ0) is 20.5. The summed E-state index contributed by atoms with van der Waals surface area (Å²) in [7, 11) is 1.52. The van der Waals surface area contributed by atoms with E-state index in [0.717, 1.165) is 14.5 Å². The van der Waals surface area contributed by atoms with E-state index < -0.39 is 0 Å². The number of ether oxygens (including phenoxy) is 1. The third-order valence-electron chi connectivity index (χ3n) is 4.05. The highest BCUT2D eigenvalue weighted by Gasteiger charge is 2.17. The summed E-state index contributed by atoms with van der Waals surface area (Å²) in [5.41, 5.74) is 2.98. The summed E-state index contributed by atoms with van der Waals surface area (Å²) in [6, 6.07) is 10.7. The van der Waals surface area contributed by atoms with Gasteiger partial charge >= 0.3 is 0 Å². The maximum Gasteiger partial charge on any atom is 0.259 e. The maximum absolute atomic E-state index is 12.8. The maximum atomic E-state index is 12.8. The largest absolute Gasteiger partial charge is 0.495 e. The number of amides is 1. The van der Waals surface area contributed by atoms with Crippen LogP contribution in [0.3, 0.4) is 0 Å². The minimum Gasteiger partial charge on any atom is -0.495 e. The summed E-state index contributed by atoms with van der Waals surface area (Å²) < 4.78 is 13.4. The monoisotopic (exact) mass is 579 g/mol. The smallest absolute Gasteiger partial charge is 0.259 e. The molecular formula is C20H12Br3N3O3. The van der Waals surface area contributed by atoms with Crippen LogP contribution in [0.2, 0.25) is 0 Å². The van der Waals surface area contributed by atoms with Gasteiger partial charge in [0.25, 0.3) is 5.91 Å². The fourth-order valence-electron chi connectivity index (χ4n) is 2.79. The molecule has 4 aromatic rings. The van der Waals surface area contributed by atoms with Gasteiger partial charge in [-0.25, -0.2) is 4.98 Å². The summed E-state index contributed by atoms with van der Waals surface area (Å²) in [5, 5.41) is 2.88. The van der Waals surface area contributed by atoms with Crippen LogP contribution in [-0.4, -0.2) is 23.0 Å². The molecule has 29 heavy (non-hydrogen) atoms. The van der Waals surface area contributed by atoms with Crippen LogP contribution in [0.5, 0.6) is 5.75 Å². The number of nitrogens with one attached hydrogen (secondary N) is 1. The molecule has 0 aliphatic carbocycles. The van der Waals surface area contributed by atoms with E-state index >= 15 is 0 Å². The Bertz CT molecular complexity index is 1240. The van der Waals surface area contributed by atoms with Gasteiger partial charge in [-0.15, -0.1) is 0 Å². The van der Waals surface area contributed by atoms with Crippen molar-refractivity contribution in [3.8, 4) is 17.2 Å². The highest BCUT2D eigenvalue weighted by molar-refractivity contribution is 9.11. The minimum atomic E-state index is -0.303. The topological polar surface area (TPSA) is 77.2 Å². The molecule has 0 fully saturated rings. The van der Waals surface area contributed by atoms with Crippen LogP contribution in [0.15, 0.2) is 66.6 Å². The third-order valence-corrected chi connectivity index (χ3v) is 5.53. The number of pyridine rings is 1. The van der Waals surface area contributed by atoms with Crippen molar-refractivity contribution >= 4 is 70.5 Å². The zero-order valence-electron chi connectivity index (χ0n) is 14.9. The number of fused-ring (bicyclic) bond motifs is 1. The van der Waals surface area contributed by atoms with Crippen LogP contribution in [0.25, 0.3) is 22.6 Å². The first-order valence-corrected chi connectivity index (χ1v) is 10.7. The fraction of sp³-hybridized carbons (Fsp3) is 0.0500. The van der Waals surface area contributed by atoms with Gasteiger partial charge in [0.2, 0.25) is 5.89 Å². The van der Waals surface area contributed by atoms with Crippen LogP contribution in [0.4, 0.5) is 5.69 Å². The molecule has 2 aromatic carbocycles. The molecule has 0 unspecified atom stereocenters. The van der Waals surface area contributed by atoms with E-state index in [0.29, 0.717) is 38.5 Å². The number of carbonyl (C=O) groups is 1. The van der Waals surface area contributed by atoms with E-state index in [4.69, 9.17) is 9.15 Å². The number of methoxy groups -OCH3 is 1. The SMILES string of the molecule is COc1c(Br)cc(Br)cc1C(=O)Nc1ccc2oc(-c3cncc(Br)c3)nc2c1. The molecule has 2 aromatic heterocycles. The number of oxazole rings is 1. The molecule has 0 spiro atoms. The molecule has 0 aliphatic rings. The van der Waals surface area contributed by atoms with Gasteiger partial charge < -0.3 is 14.5 Å². The van der Waals surface area contributed by atoms with Crippen molar-refractivity contribution in [1.82, 2.24) is 9.97 Å². The number of hydrogen-bond donors (Lipinski definition) is 1. The molecule has 0 atom stereocenters. The van der Waals surface area contributed by atoms with Crippen molar-refractivity contribution < 1.29 is 13.9 Å². The first-order valence-electron chi connectivity index (χ1n) is 8.30. The number of nitrogens with zero attached hydrogens (tertiary/aromatic N) is 2. The molecular weight excluding hydrogens is 570 g/mol. The second-order valence-electron chi connectivity index (χ2n) is 6.02. The molecule has 0 bridgehead atoms. The molecule has 0 radical (unpaired) electrons. The Balaban J connectivity index is 1.65.